The van der Waals surface area contributed by atoms with E-state index in [9.17, 15) is 4.79 Å². The Morgan fingerprint density at radius 3 is 1.85 bits per heavy atom. The van der Waals surface area contributed by atoms with Gasteiger partial charge in [0.05, 0.1) is 18.3 Å². The summed E-state index contributed by atoms with van der Waals surface area (Å²) in [4.78, 5) is 19.2. The number of esters is 1. The smallest absolute Gasteiger partial charge is 1.00 e. The molecule has 0 aromatic heterocycles. The van der Waals surface area contributed by atoms with Crippen molar-refractivity contribution in [3.63, 3.8) is 0 Å². The third-order valence-corrected chi connectivity index (χ3v) is 5.83. The van der Waals surface area contributed by atoms with Crippen LogP contribution in [0, 0.1) is 13.1 Å². The molecule has 165 valence electrons. The third kappa shape index (κ3) is 6.49. The maximum Gasteiger partial charge on any atom is 1.00 e. The zero-order chi connectivity index (χ0) is 22.7. The number of aliphatic hydroxyl groups excluding tert-OH is 1. The fourth-order valence-electron chi connectivity index (χ4n) is 3.83. The van der Waals surface area contributed by atoms with Crippen molar-refractivity contribution >= 4 is 14.4 Å². The summed E-state index contributed by atoms with van der Waals surface area (Å²) in [6.45, 7) is 19.8. The zero-order valence-electron chi connectivity index (χ0n) is 20.8. The third-order valence-electron chi connectivity index (χ3n) is 5.83. The summed E-state index contributed by atoms with van der Waals surface area (Å²) in [6.07, 6.45) is 1.37. The first-order valence-corrected chi connectivity index (χ1v) is 10.4. The maximum atomic E-state index is 12.1. The molecule has 2 aliphatic rings. The van der Waals surface area contributed by atoms with E-state index in [-0.39, 0.29) is 63.8 Å². The van der Waals surface area contributed by atoms with Crippen molar-refractivity contribution in [3.05, 3.63) is 94.6 Å². The fourth-order valence-corrected chi connectivity index (χ4v) is 3.83. The molecule has 5 nitrogen and oxygen atoms in total. The molecule has 4 atom stereocenters. The largest absolute Gasteiger partial charge is 1.00 e. The van der Waals surface area contributed by atoms with Crippen LogP contribution in [0.4, 0.5) is 0 Å². The Morgan fingerprint density at radius 2 is 1.48 bits per heavy atom. The van der Waals surface area contributed by atoms with Crippen LogP contribution in [-0.2, 0) is 9.53 Å². The summed E-state index contributed by atoms with van der Waals surface area (Å²) in [6, 6.07) is 19.7. The van der Waals surface area contributed by atoms with Crippen LogP contribution >= 0.6 is 0 Å². The number of nitrogens with zero attached hydrogens (tertiary/aromatic N) is 2. The molecular weight excluding hydrogens is 422 g/mol. The van der Waals surface area contributed by atoms with E-state index in [1.807, 2.05) is 81.4 Å². The number of rotatable bonds is 4. The van der Waals surface area contributed by atoms with Crippen molar-refractivity contribution in [1.82, 2.24) is 0 Å². The van der Waals surface area contributed by atoms with E-state index in [0.29, 0.717) is 6.42 Å². The van der Waals surface area contributed by atoms with E-state index in [2.05, 4.69) is 9.69 Å². The molecule has 2 aliphatic carbocycles. The SMILES string of the molecule is [B].[C-]#[N+]C1(C(=O)OC(C)(C)C)CC1c1ccccc1.[C-]#[N+]C1(CO)CC1c1ccccc1.[H-].[Na+]. The fraction of sp³-hybridized carbons (Fsp3) is 0.423. The molecule has 0 bridgehead atoms. The van der Waals surface area contributed by atoms with Crippen molar-refractivity contribution in [2.45, 2.75) is 62.1 Å². The topological polar surface area (TPSA) is 55.2 Å². The van der Waals surface area contributed by atoms with Gasteiger partial charge in [-0.2, -0.15) is 0 Å². The van der Waals surface area contributed by atoms with Crippen molar-refractivity contribution in [2.75, 3.05) is 6.61 Å². The molecule has 2 saturated carbocycles. The molecule has 2 aromatic carbocycles. The summed E-state index contributed by atoms with van der Waals surface area (Å²) in [5.74, 6) is -0.166. The average Bonchev–Trinajstić information content (AvgIpc) is 3.67. The van der Waals surface area contributed by atoms with Crippen LogP contribution in [0.5, 0.6) is 0 Å². The molecule has 2 fully saturated rings. The number of hydrogen-bond donors (Lipinski definition) is 1. The van der Waals surface area contributed by atoms with Crippen LogP contribution in [0.2, 0.25) is 0 Å². The van der Waals surface area contributed by atoms with Gasteiger partial charge in [0.15, 0.2) is 0 Å². The van der Waals surface area contributed by atoms with Gasteiger partial charge in [-0.15, -0.1) is 0 Å². The molecule has 4 rings (SSSR count). The monoisotopic (exact) mass is 451 g/mol. The first kappa shape index (κ1) is 28.9. The van der Waals surface area contributed by atoms with Gasteiger partial charge in [-0.05, 0) is 31.9 Å². The van der Waals surface area contributed by atoms with Crippen LogP contribution in [0.15, 0.2) is 60.7 Å². The van der Waals surface area contributed by atoms with E-state index >= 15 is 0 Å². The molecule has 4 unspecified atom stereocenters. The van der Waals surface area contributed by atoms with E-state index in [4.69, 9.17) is 23.0 Å². The summed E-state index contributed by atoms with van der Waals surface area (Å²) in [7, 11) is 0. The summed E-state index contributed by atoms with van der Waals surface area (Å²) in [5, 5.41) is 9.07. The van der Waals surface area contributed by atoms with Crippen molar-refractivity contribution in [1.29, 1.82) is 0 Å². The molecule has 0 spiro atoms. The summed E-state index contributed by atoms with van der Waals surface area (Å²) >= 11 is 0. The predicted octanol–water partition coefficient (Wildman–Crippen LogP) is 1.73. The van der Waals surface area contributed by atoms with Crippen molar-refractivity contribution in [3.8, 4) is 0 Å². The first-order valence-electron chi connectivity index (χ1n) is 10.4. The van der Waals surface area contributed by atoms with Crippen LogP contribution in [0.25, 0.3) is 9.69 Å². The van der Waals surface area contributed by atoms with Crippen LogP contribution in [-0.4, -0.2) is 42.8 Å². The number of carbonyl (C=O) groups is 1. The zero-order valence-corrected chi connectivity index (χ0v) is 21.8. The van der Waals surface area contributed by atoms with Gasteiger partial charge in [0.1, 0.15) is 12.2 Å². The minimum absolute atomic E-state index is 0. The maximum absolute atomic E-state index is 12.1. The Labute approximate surface area is 222 Å². The molecule has 0 saturated heterocycles. The minimum atomic E-state index is -0.991. The number of aliphatic hydroxyl groups is 1. The summed E-state index contributed by atoms with van der Waals surface area (Å²) < 4.78 is 5.35. The Bertz CT molecular complexity index is 1020. The van der Waals surface area contributed by atoms with Crippen LogP contribution in [0.3, 0.4) is 0 Å². The van der Waals surface area contributed by atoms with Crippen molar-refractivity contribution in [2.24, 2.45) is 0 Å². The predicted molar refractivity (Wildman–Crippen MR) is 126 cm³/mol. The summed E-state index contributed by atoms with van der Waals surface area (Å²) in [5.41, 5.74) is 0.182. The molecular formula is C26H29BN2NaO3. The van der Waals surface area contributed by atoms with E-state index in [0.717, 1.165) is 12.0 Å². The average molecular weight is 451 g/mol. The Balaban J connectivity index is 0.000000612. The second-order valence-electron chi connectivity index (χ2n) is 9.25. The molecule has 1 N–H and O–H groups in total. The number of benzene rings is 2. The Morgan fingerprint density at radius 1 is 1.00 bits per heavy atom. The van der Waals surface area contributed by atoms with E-state index < -0.39 is 16.7 Å². The molecule has 0 heterocycles. The van der Waals surface area contributed by atoms with Crippen LogP contribution in [0.1, 0.15) is 58.0 Å². The first-order chi connectivity index (χ1) is 14.7. The van der Waals surface area contributed by atoms with Gasteiger partial charge in [0.25, 0.3) is 5.54 Å². The Hall–Kier alpha value is -2.09. The normalized spacial score (nSPS) is 26.5. The molecule has 0 aliphatic heterocycles. The second kappa shape index (κ2) is 11.4. The molecule has 33 heavy (non-hydrogen) atoms. The van der Waals surface area contributed by atoms with Gasteiger partial charge in [0, 0.05) is 14.8 Å². The minimum Gasteiger partial charge on any atom is -1.00 e. The van der Waals surface area contributed by atoms with E-state index in [1.165, 1.54) is 5.56 Å². The molecule has 3 radical (unpaired) electrons. The van der Waals surface area contributed by atoms with Crippen molar-refractivity contribution < 1.29 is 45.6 Å². The van der Waals surface area contributed by atoms with Gasteiger partial charge in [0.2, 0.25) is 0 Å². The molecule has 7 heteroatoms. The number of carbonyl (C=O) groups excluding carboxylic acids is 1. The molecule has 2 aromatic rings. The Kier molecular flexibility index (Phi) is 9.97. The molecule has 0 amide bonds. The number of hydrogen-bond acceptors (Lipinski definition) is 3. The quantitative estimate of drug-likeness (QED) is 0.438. The number of ether oxygens (including phenoxy) is 1. The second-order valence-corrected chi connectivity index (χ2v) is 9.25. The van der Waals surface area contributed by atoms with Gasteiger partial charge in [-0.3, -0.25) is 4.85 Å². The van der Waals surface area contributed by atoms with Gasteiger partial charge < -0.3 is 16.1 Å². The van der Waals surface area contributed by atoms with Gasteiger partial charge in [-0.25, -0.2) is 17.9 Å². The van der Waals surface area contributed by atoms with E-state index in [1.54, 1.807) is 0 Å². The standard InChI is InChI=1S/C15H17NO2.C11H11NO.B.Na.H/c1-14(2,3)18-13(17)15(16-4)10-12(15)11-8-6-5-7-9-11;1-12-11(8-13)7-10(11)9-5-3-2-4-6-9;;;/h5-9,12H,10H2,1-3H3;2-6,10,13H,7-8H2;;;/q;;;+1;-1. The van der Waals surface area contributed by atoms with Gasteiger partial charge in [-0.1, -0.05) is 60.7 Å². The van der Waals surface area contributed by atoms with Gasteiger partial charge >= 0.3 is 41.1 Å². The van der Waals surface area contributed by atoms with Crippen LogP contribution < -0.4 is 29.6 Å².